The molecular formula is C30H26Cl2N2O4S. The number of thiazole rings is 1. The second-order valence-electron chi connectivity index (χ2n) is 9.45. The monoisotopic (exact) mass is 580 g/mol. The number of nitrogens with zero attached hydrogens (tertiary/aromatic N) is 2. The molecule has 0 radical (unpaired) electrons. The maximum absolute atomic E-state index is 13.8. The summed E-state index contributed by atoms with van der Waals surface area (Å²) in [6.45, 7) is 7.98. The normalized spacial score (nSPS) is 15.5. The van der Waals surface area contributed by atoms with Crippen molar-refractivity contribution in [2.75, 3.05) is 6.61 Å². The number of aromatic nitrogens is 1. The van der Waals surface area contributed by atoms with E-state index in [1.165, 1.54) is 16.9 Å². The highest BCUT2D eigenvalue weighted by Crippen LogP contribution is 2.33. The third kappa shape index (κ3) is 5.26. The van der Waals surface area contributed by atoms with Crippen LogP contribution in [0.4, 0.5) is 0 Å². The van der Waals surface area contributed by atoms with E-state index < -0.39 is 12.0 Å². The Morgan fingerprint density at radius 1 is 1.15 bits per heavy atom. The van der Waals surface area contributed by atoms with Crippen LogP contribution < -0.4 is 14.9 Å². The van der Waals surface area contributed by atoms with Gasteiger partial charge in [0.15, 0.2) is 4.80 Å². The molecule has 0 fully saturated rings. The van der Waals surface area contributed by atoms with Crippen molar-refractivity contribution in [2.24, 2.45) is 4.99 Å². The van der Waals surface area contributed by atoms with Gasteiger partial charge in [0.25, 0.3) is 5.56 Å². The fourth-order valence-electron chi connectivity index (χ4n) is 4.56. The maximum atomic E-state index is 13.8. The molecule has 0 amide bonds. The van der Waals surface area contributed by atoms with Crippen LogP contribution in [-0.2, 0) is 9.53 Å². The second-order valence-corrected chi connectivity index (χ2v) is 11.3. The van der Waals surface area contributed by atoms with Gasteiger partial charge >= 0.3 is 5.97 Å². The van der Waals surface area contributed by atoms with Crippen molar-refractivity contribution in [3.63, 3.8) is 0 Å². The summed E-state index contributed by atoms with van der Waals surface area (Å²) in [4.78, 5) is 32.0. The van der Waals surface area contributed by atoms with Crippen LogP contribution in [0.1, 0.15) is 56.5 Å². The lowest BCUT2D eigenvalue weighted by Crippen LogP contribution is -2.39. The SMILES string of the molecule is CCOC(=O)C1=C(C)N=c2s/c(=C\c3ccc(-c4ccc(Cl)cc4Cl)o3)c(=O)n2C1c1ccc(C(C)C)cc1. The number of carbonyl (C=O) groups excluding carboxylic acids is 1. The van der Waals surface area contributed by atoms with Crippen LogP contribution in [0.25, 0.3) is 17.4 Å². The van der Waals surface area contributed by atoms with Crippen molar-refractivity contribution in [1.29, 1.82) is 0 Å². The topological polar surface area (TPSA) is 73.8 Å². The van der Waals surface area contributed by atoms with E-state index in [9.17, 15) is 9.59 Å². The fourth-order valence-corrected chi connectivity index (χ4v) is 6.09. The van der Waals surface area contributed by atoms with Gasteiger partial charge in [0.2, 0.25) is 0 Å². The van der Waals surface area contributed by atoms with Gasteiger partial charge in [0.05, 0.1) is 33.5 Å². The highest BCUT2D eigenvalue weighted by molar-refractivity contribution is 7.07. The van der Waals surface area contributed by atoms with Crippen LogP contribution in [0.3, 0.4) is 0 Å². The maximum Gasteiger partial charge on any atom is 0.338 e. The van der Waals surface area contributed by atoms with Crippen LogP contribution in [-0.4, -0.2) is 17.1 Å². The molecule has 1 atom stereocenters. The Morgan fingerprint density at radius 3 is 2.56 bits per heavy atom. The molecule has 6 nitrogen and oxygen atoms in total. The summed E-state index contributed by atoms with van der Waals surface area (Å²) in [5.74, 6) is 0.907. The van der Waals surface area contributed by atoms with E-state index in [0.717, 1.165) is 5.56 Å². The molecule has 4 aromatic rings. The quantitative estimate of drug-likeness (QED) is 0.244. The van der Waals surface area contributed by atoms with Crippen LogP contribution in [0.5, 0.6) is 0 Å². The molecule has 200 valence electrons. The van der Waals surface area contributed by atoms with E-state index >= 15 is 0 Å². The number of esters is 1. The number of fused-ring (bicyclic) bond motifs is 1. The lowest BCUT2D eigenvalue weighted by atomic mass is 9.93. The third-order valence-corrected chi connectivity index (χ3v) is 8.06. The number of hydrogen-bond acceptors (Lipinski definition) is 6. The van der Waals surface area contributed by atoms with Gasteiger partial charge in [-0.3, -0.25) is 9.36 Å². The number of benzene rings is 2. The Bertz CT molecular complexity index is 1780. The summed E-state index contributed by atoms with van der Waals surface area (Å²) < 4.78 is 13.4. The molecule has 0 saturated heterocycles. The molecule has 1 aliphatic heterocycles. The Morgan fingerprint density at radius 2 is 1.90 bits per heavy atom. The molecule has 0 N–H and O–H groups in total. The first-order valence-corrected chi connectivity index (χ1v) is 14.1. The smallest absolute Gasteiger partial charge is 0.338 e. The van der Waals surface area contributed by atoms with E-state index in [-0.39, 0.29) is 12.2 Å². The number of ether oxygens (including phenoxy) is 1. The molecule has 1 unspecified atom stereocenters. The van der Waals surface area contributed by atoms with Gasteiger partial charge in [-0.2, -0.15) is 0 Å². The average molecular weight is 582 g/mol. The van der Waals surface area contributed by atoms with Crippen LogP contribution in [0.2, 0.25) is 10.0 Å². The molecule has 0 spiro atoms. The number of carbonyl (C=O) groups is 1. The molecular weight excluding hydrogens is 555 g/mol. The third-order valence-electron chi connectivity index (χ3n) is 6.53. The van der Waals surface area contributed by atoms with Gasteiger partial charge in [0.1, 0.15) is 11.5 Å². The predicted molar refractivity (Wildman–Crippen MR) is 155 cm³/mol. The van der Waals surface area contributed by atoms with Crippen LogP contribution in [0.15, 0.2) is 80.1 Å². The van der Waals surface area contributed by atoms with Gasteiger partial charge in [-0.1, -0.05) is 72.7 Å². The Hall–Kier alpha value is -3.39. The minimum Gasteiger partial charge on any atom is -0.463 e. The molecule has 1 aliphatic rings. The molecule has 0 aliphatic carbocycles. The van der Waals surface area contributed by atoms with E-state index in [1.54, 1.807) is 54.8 Å². The van der Waals surface area contributed by atoms with Crippen molar-refractivity contribution in [3.8, 4) is 11.3 Å². The lowest BCUT2D eigenvalue weighted by Gasteiger charge is -2.25. The van der Waals surface area contributed by atoms with Gasteiger partial charge in [-0.05, 0) is 61.2 Å². The molecule has 2 aromatic heterocycles. The van der Waals surface area contributed by atoms with Gasteiger partial charge in [-0.15, -0.1) is 0 Å². The second kappa shape index (κ2) is 11.0. The largest absolute Gasteiger partial charge is 0.463 e. The van der Waals surface area contributed by atoms with Crippen molar-refractivity contribution in [2.45, 2.75) is 39.7 Å². The van der Waals surface area contributed by atoms with E-state index in [1.807, 2.05) is 24.3 Å². The zero-order valence-electron chi connectivity index (χ0n) is 21.8. The number of furan rings is 1. The van der Waals surface area contributed by atoms with Gasteiger partial charge in [-0.25, -0.2) is 9.79 Å². The van der Waals surface area contributed by atoms with Gasteiger partial charge < -0.3 is 9.15 Å². The zero-order chi connectivity index (χ0) is 27.8. The first kappa shape index (κ1) is 27.2. The summed E-state index contributed by atoms with van der Waals surface area (Å²) in [5.41, 5.74) is 3.28. The standard InChI is InChI=1S/C30H26Cl2N2O4S/c1-5-37-29(36)26-17(4)33-30-34(27(26)19-8-6-18(7-9-19)16(2)3)28(35)25(39-30)15-21-11-13-24(38-21)22-12-10-20(31)14-23(22)32/h6-16,27H,5H2,1-4H3/b25-15-. The van der Waals surface area contributed by atoms with Crippen LogP contribution in [0, 0.1) is 0 Å². The molecule has 3 heterocycles. The summed E-state index contributed by atoms with van der Waals surface area (Å²) in [7, 11) is 0. The van der Waals surface area contributed by atoms with E-state index in [0.29, 0.717) is 53.7 Å². The minimum atomic E-state index is -0.663. The molecule has 5 rings (SSSR count). The number of allylic oxidation sites excluding steroid dienone is 1. The van der Waals surface area contributed by atoms with Crippen LogP contribution >= 0.6 is 34.5 Å². The Balaban J connectivity index is 1.63. The van der Waals surface area contributed by atoms with Gasteiger partial charge in [0, 0.05) is 16.7 Å². The fraction of sp³-hybridized carbons (Fsp3) is 0.233. The van der Waals surface area contributed by atoms with Crippen molar-refractivity contribution in [1.82, 2.24) is 4.57 Å². The summed E-state index contributed by atoms with van der Waals surface area (Å²) in [5, 5.41) is 0.996. The average Bonchev–Trinajstić information content (AvgIpc) is 3.47. The van der Waals surface area contributed by atoms with E-state index in [2.05, 4.69) is 18.8 Å². The van der Waals surface area contributed by atoms with Crippen molar-refractivity contribution < 1.29 is 13.9 Å². The Kier molecular flexibility index (Phi) is 7.67. The first-order valence-electron chi connectivity index (χ1n) is 12.5. The molecule has 9 heteroatoms. The van der Waals surface area contributed by atoms with Crippen molar-refractivity contribution >= 4 is 46.6 Å². The summed E-state index contributed by atoms with van der Waals surface area (Å²) in [6, 6.07) is 16.1. The highest BCUT2D eigenvalue weighted by atomic mass is 35.5. The molecule has 2 aromatic carbocycles. The summed E-state index contributed by atoms with van der Waals surface area (Å²) >= 11 is 13.6. The predicted octanol–water partition coefficient (Wildman–Crippen LogP) is 6.49. The first-order chi connectivity index (χ1) is 18.7. The molecule has 0 bridgehead atoms. The van der Waals surface area contributed by atoms with Crippen molar-refractivity contribution in [3.05, 3.63) is 112 Å². The van der Waals surface area contributed by atoms with E-state index in [4.69, 9.17) is 32.4 Å². The molecule has 0 saturated carbocycles. The molecule has 39 heavy (non-hydrogen) atoms. The minimum absolute atomic E-state index is 0.220. The number of halogens is 2. The highest BCUT2D eigenvalue weighted by Gasteiger charge is 2.33. The Labute approximate surface area is 239 Å². The summed E-state index contributed by atoms with van der Waals surface area (Å²) in [6.07, 6.45) is 1.68. The zero-order valence-corrected chi connectivity index (χ0v) is 24.2. The lowest BCUT2D eigenvalue weighted by molar-refractivity contribution is -0.139. The number of hydrogen-bond donors (Lipinski definition) is 0. The number of rotatable bonds is 6.